The number of hydrogen-bond acceptors (Lipinski definition) is 5. The Morgan fingerprint density at radius 2 is 2.19 bits per heavy atom. The lowest BCUT2D eigenvalue weighted by Gasteiger charge is -2.09. The van der Waals surface area contributed by atoms with Crippen LogP contribution in [0.4, 0.5) is 5.82 Å². The lowest BCUT2D eigenvalue weighted by molar-refractivity contribution is 0.0949. The van der Waals surface area contributed by atoms with Gasteiger partial charge in [-0.05, 0) is 25.0 Å². The Labute approximate surface area is 123 Å². The number of pyridine rings is 1. The molecule has 3 N–H and O–H groups in total. The first kappa shape index (κ1) is 15.0. The van der Waals surface area contributed by atoms with Gasteiger partial charge in [0.2, 0.25) is 0 Å². The van der Waals surface area contributed by atoms with Gasteiger partial charge in [-0.15, -0.1) is 0 Å². The van der Waals surface area contributed by atoms with Crippen molar-refractivity contribution in [1.82, 2.24) is 25.5 Å². The van der Waals surface area contributed by atoms with Crippen molar-refractivity contribution in [2.75, 3.05) is 11.9 Å². The lowest BCUT2D eigenvalue weighted by Crippen LogP contribution is -2.24. The molecule has 112 valence electrons. The summed E-state index contributed by atoms with van der Waals surface area (Å²) >= 11 is 0. The smallest absolute Gasteiger partial charge is 0.251 e. The average Bonchev–Trinajstić information content (AvgIpc) is 3.03. The Bertz CT molecular complexity index is 581. The molecule has 0 aliphatic carbocycles. The molecule has 1 amide bonds. The molecule has 0 unspecified atom stereocenters. The van der Waals surface area contributed by atoms with Gasteiger partial charge in [-0.25, -0.2) is 9.97 Å². The molecule has 2 heterocycles. The number of aromatic nitrogens is 4. The van der Waals surface area contributed by atoms with E-state index >= 15 is 0 Å². The molecule has 7 nitrogen and oxygen atoms in total. The maximum atomic E-state index is 12.2. The van der Waals surface area contributed by atoms with Gasteiger partial charge in [-0.2, -0.15) is 5.10 Å². The maximum absolute atomic E-state index is 12.2. The number of carbonyl (C=O) groups excluding carboxylic acids is 1. The van der Waals surface area contributed by atoms with Crippen LogP contribution in [-0.4, -0.2) is 32.6 Å². The summed E-state index contributed by atoms with van der Waals surface area (Å²) in [5.41, 5.74) is 1.49. The van der Waals surface area contributed by atoms with Crippen LogP contribution in [0.1, 0.15) is 42.1 Å². The number of rotatable bonds is 7. The summed E-state index contributed by atoms with van der Waals surface area (Å²) in [5, 5.41) is 12.5. The molecule has 0 spiro atoms. The Morgan fingerprint density at radius 1 is 1.33 bits per heavy atom. The second-order valence-corrected chi connectivity index (χ2v) is 4.63. The van der Waals surface area contributed by atoms with Crippen LogP contribution >= 0.6 is 0 Å². The van der Waals surface area contributed by atoms with E-state index in [0.29, 0.717) is 17.9 Å². The largest absolute Gasteiger partial charge is 0.370 e. The van der Waals surface area contributed by atoms with E-state index in [1.807, 2.05) is 13.0 Å². The SMILES string of the molecule is CCCNc1cc(C(=O)NCc2ncn[nH]2)cc(CC)n1. The molecule has 7 heteroatoms. The molecule has 2 rings (SSSR count). The molecule has 2 aromatic heterocycles. The molecule has 0 radical (unpaired) electrons. The van der Waals surface area contributed by atoms with Crippen molar-refractivity contribution >= 4 is 11.7 Å². The van der Waals surface area contributed by atoms with Gasteiger partial charge in [-0.3, -0.25) is 9.89 Å². The third-order valence-corrected chi connectivity index (χ3v) is 2.94. The summed E-state index contributed by atoms with van der Waals surface area (Å²) in [7, 11) is 0. The molecular formula is C14H20N6O. The molecule has 0 aliphatic heterocycles. The number of carbonyl (C=O) groups is 1. The van der Waals surface area contributed by atoms with E-state index in [2.05, 4.69) is 37.7 Å². The van der Waals surface area contributed by atoms with Gasteiger partial charge in [-0.1, -0.05) is 13.8 Å². The van der Waals surface area contributed by atoms with Crippen molar-refractivity contribution < 1.29 is 4.79 Å². The minimum Gasteiger partial charge on any atom is -0.370 e. The number of nitrogens with one attached hydrogen (secondary N) is 3. The van der Waals surface area contributed by atoms with Crippen molar-refractivity contribution in [2.24, 2.45) is 0 Å². The van der Waals surface area contributed by atoms with Gasteiger partial charge in [0.1, 0.15) is 18.0 Å². The molecule has 0 saturated carbocycles. The second kappa shape index (κ2) is 7.37. The van der Waals surface area contributed by atoms with Crippen molar-refractivity contribution in [1.29, 1.82) is 0 Å². The van der Waals surface area contributed by atoms with E-state index < -0.39 is 0 Å². The van der Waals surface area contributed by atoms with Gasteiger partial charge < -0.3 is 10.6 Å². The summed E-state index contributed by atoms with van der Waals surface area (Å²) in [5.74, 6) is 1.21. The number of H-pyrrole nitrogens is 1. The third kappa shape index (κ3) is 4.27. The van der Waals surface area contributed by atoms with E-state index in [9.17, 15) is 4.79 Å². The monoisotopic (exact) mass is 288 g/mol. The molecule has 0 fully saturated rings. The molecule has 0 aliphatic rings. The van der Waals surface area contributed by atoms with E-state index in [-0.39, 0.29) is 5.91 Å². The average molecular weight is 288 g/mol. The van der Waals surface area contributed by atoms with Crippen molar-refractivity contribution in [3.63, 3.8) is 0 Å². The zero-order valence-electron chi connectivity index (χ0n) is 12.3. The highest BCUT2D eigenvalue weighted by atomic mass is 16.1. The van der Waals surface area contributed by atoms with E-state index in [4.69, 9.17) is 0 Å². The first-order chi connectivity index (χ1) is 10.2. The predicted octanol–water partition coefficient (Wildman–Crippen LogP) is 1.51. The van der Waals surface area contributed by atoms with Gasteiger partial charge in [0.25, 0.3) is 5.91 Å². The molecule has 21 heavy (non-hydrogen) atoms. The Balaban J connectivity index is 2.07. The van der Waals surface area contributed by atoms with Crippen LogP contribution in [0, 0.1) is 0 Å². The van der Waals surface area contributed by atoms with Gasteiger partial charge in [0.15, 0.2) is 0 Å². The van der Waals surface area contributed by atoms with Gasteiger partial charge >= 0.3 is 0 Å². The Hall–Kier alpha value is -2.44. The summed E-state index contributed by atoms with van der Waals surface area (Å²) in [6.07, 6.45) is 3.20. The quantitative estimate of drug-likeness (QED) is 0.718. The fourth-order valence-corrected chi connectivity index (χ4v) is 1.83. The fourth-order valence-electron chi connectivity index (χ4n) is 1.83. The summed E-state index contributed by atoms with van der Waals surface area (Å²) in [4.78, 5) is 20.6. The van der Waals surface area contributed by atoms with Crippen molar-refractivity contribution in [3.8, 4) is 0 Å². The van der Waals surface area contributed by atoms with Crippen molar-refractivity contribution in [3.05, 3.63) is 35.5 Å². The molecule has 0 aromatic carbocycles. The van der Waals surface area contributed by atoms with E-state index in [1.54, 1.807) is 6.07 Å². The number of amides is 1. The molecule has 2 aromatic rings. The van der Waals surface area contributed by atoms with Crippen LogP contribution in [0.15, 0.2) is 18.5 Å². The molecule has 0 atom stereocenters. The number of anilines is 1. The summed E-state index contributed by atoms with van der Waals surface area (Å²) < 4.78 is 0. The predicted molar refractivity (Wildman–Crippen MR) is 79.9 cm³/mol. The van der Waals surface area contributed by atoms with Crippen molar-refractivity contribution in [2.45, 2.75) is 33.2 Å². The fraction of sp³-hybridized carbons (Fsp3) is 0.429. The number of aryl methyl sites for hydroxylation is 1. The standard InChI is InChI=1S/C14H20N6O/c1-3-5-15-12-7-10(6-11(4-2)19-12)14(21)16-8-13-17-9-18-20-13/h6-7,9H,3-5,8H2,1-2H3,(H,15,19)(H,16,21)(H,17,18,20). The van der Waals surface area contributed by atoms with Crippen LogP contribution < -0.4 is 10.6 Å². The first-order valence-corrected chi connectivity index (χ1v) is 7.10. The highest BCUT2D eigenvalue weighted by Crippen LogP contribution is 2.11. The molecular weight excluding hydrogens is 268 g/mol. The van der Waals surface area contributed by atoms with Crippen LogP contribution in [0.5, 0.6) is 0 Å². The number of hydrogen-bond donors (Lipinski definition) is 3. The van der Waals surface area contributed by atoms with Gasteiger partial charge in [0, 0.05) is 17.8 Å². The highest BCUT2D eigenvalue weighted by Gasteiger charge is 2.10. The zero-order valence-corrected chi connectivity index (χ0v) is 12.3. The Kier molecular flexibility index (Phi) is 5.25. The van der Waals surface area contributed by atoms with Crippen LogP contribution in [-0.2, 0) is 13.0 Å². The first-order valence-electron chi connectivity index (χ1n) is 7.10. The third-order valence-electron chi connectivity index (χ3n) is 2.94. The van der Waals surface area contributed by atoms with E-state index in [0.717, 1.165) is 30.9 Å². The number of aromatic amines is 1. The summed E-state index contributed by atoms with van der Waals surface area (Å²) in [6.45, 7) is 5.25. The lowest BCUT2D eigenvalue weighted by atomic mass is 10.2. The van der Waals surface area contributed by atoms with Crippen LogP contribution in [0.25, 0.3) is 0 Å². The van der Waals surface area contributed by atoms with Gasteiger partial charge in [0.05, 0.1) is 6.54 Å². The Morgan fingerprint density at radius 3 is 2.86 bits per heavy atom. The van der Waals surface area contributed by atoms with E-state index in [1.165, 1.54) is 6.33 Å². The minimum absolute atomic E-state index is 0.150. The zero-order chi connectivity index (χ0) is 15.1. The topological polar surface area (TPSA) is 95.6 Å². The number of nitrogens with zero attached hydrogens (tertiary/aromatic N) is 3. The normalized spacial score (nSPS) is 10.4. The van der Waals surface area contributed by atoms with Crippen LogP contribution in [0.2, 0.25) is 0 Å². The summed E-state index contributed by atoms with van der Waals surface area (Å²) in [6, 6.07) is 3.58. The maximum Gasteiger partial charge on any atom is 0.251 e. The highest BCUT2D eigenvalue weighted by molar-refractivity contribution is 5.94. The van der Waals surface area contributed by atoms with Crippen LogP contribution in [0.3, 0.4) is 0 Å². The molecule has 0 saturated heterocycles. The molecule has 0 bridgehead atoms. The second-order valence-electron chi connectivity index (χ2n) is 4.63. The minimum atomic E-state index is -0.150.